The highest BCUT2D eigenvalue weighted by Gasteiger charge is 2.64. The molecular weight excluding hydrogens is 404 g/mol. The molecule has 2 aromatic rings. The van der Waals surface area contributed by atoms with Crippen LogP contribution in [0.2, 0.25) is 0 Å². The van der Waals surface area contributed by atoms with Crippen molar-refractivity contribution in [2.75, 3.05) is 19.6 Å². The molecule has 0 aliphatic carbocycles. The lowest BCUT2D eigenvalue weighted by molar-refractivity contribution is 0.00797. The lowest BCUT2D eigenvalue weighted by Gasteiger charge is -2.29. The van der Waals surface area contributed by atoms with Crippen LogP contribution in [-0.4, -0.2) is 59.9 Å². The molecule has 3 aliphatic heterocycles. The van der Waals surface area contributed by atoms with E-state index in [4.69, 9.17) is 4.74 Å². The number of amides is 1. The van der Waals surface area contributed by atoms with Gasteiger partial charge in [0.25, 0.3) is 5.91 Å². The molecule has 8 nitrogen and oxygen atoms in total. The van der Waals surface area contributed by atoms with Crippen molar-refractivity contribution in [2.24, 2.45) is 11.8 Å². The SMILES string of the molecule is Cc1cnc(C(=O)NC[C@H]2[C@H]3CN(S(=O)(=O)c4ccccc4)C[C@]34CC[C@H]2O4)cn1. The third-order valence-electron chi connectivity index (χ3n) is 6.65. The Bertz CT molecular complexity index is 1060. The van der Waals surface area contributed by atoms with Gasteiger partial charge in [-0.2, -0.15) is 4.31 Å². The Labute approximate surface area is 175 Å². The highest BCUT2D eigenvalue weighted by atomic mass is 32.2. The number of benzene rings is 1. The quantitative estimate of drug-likeness (QED) is 0.772. The molecule has 5 rings (SSSR count). The van der Waals surface area contributed by atoms with Crippen molar-refractivity contribution in [2.45, 2.75) is 36.4 Å². The van der Waals surface area contributed by atoms with Gasteiger partial charge in [-0.3, -0.25) is 9.78 Å². The van der Waals surface area contributed by atoms with Gasteiger partial charge in [0.15, 0.2) is 0 Å². The molecule has 1 aromatic heterocycles. The Kier molecular flexibility index (Phi) is 4.64. The van der Waals surface area contributed by atoms with E-state index in [1.165, 1.54) is 6.20 Å². The minimum absolute atomic E-state index is 0.0565. The molecule has 1 aromatic carbocycles. The van der Waals surface area contributed by atoms with Gasteiger partial charge in [0.2, 0.25) is 10.0 Å². The van der Waals surface area contributed by atoms with Crippen LogP contribution in [0.4, 0.5) is 0 Å². The Morgan fingerprint density at radius 1 is 1.27 bits per heavy atom. The first kappa shape index (κ1) is 19.6. The summed E-state index contributed by atoms with van der Waals surface area (Å²) in [5, 5.41) is 2.95. The van der Waals surface area contributed by atoms with Gasteiger partial charge in [-0.1, -0.05) is 18.2 Å². The summed E-state index contributed by atoms with van der Waals surface area (Å²) in [5.74, 6) is -0.123. The average molecular weight is 429 g/mol. The molecular formula is C21H24N4O4S. The summed E-state index contributed by atoms with van der Waals surface area (Å²) < 4.78 is 34.1. The largest absolute Gasteiger partial charge is 0.370 e. The Hall–Kier alpha value is -2.36. The molecule has 0 unspecified atom stereocenters. The summed E-state index contributed by atoms with van der Waals surface area (Å²) in [6, 6.07) is 8.52. The van der Waals surface area contributed by atoms with E-state index >= 15 is 0 Å². The van der Waals surface area contributed by atoms with Crippen LogP contribution >= 0.6 is 0 Å². The molecule has 4 atom stereocenters. The van der Waals surface area contributed by atoms with E-state index in [1.54, 1.807) is 40.8 Å². The predicted octanol–water partition coefficient (Wildman–Crippen LogP) is 1.38. The second-order valence-corrected chi connectivity index (χ2v) is 10.3. The number of fused-ring (bicyclic) bond motifs is 1. The molecule has 1 N–H and O–H groups in total. The molecule has 30 heavy (non-hydrogen) atoms. The topological polar surface area (TPSA) is 101 Å². The van der Waals surface area contributed by atoms with E-state index < -0.39 is 15.6 Å². The number of aryl methyl sites for hydroxylation is 1. The third-order valence-corrected chi connectivity index (χ3v) is 8.47. The molecule has 1 amide bonds. The fourth-order valence-corrected chi connectivity index (χ4v) is 6.70. The lowest BCUT2D eigenvalue weighted by atomic mass is 9.73. The standard InChI is InChI=1S/C21H24N4O4S/c1-14-9-23-18(11-22-14)20(26)24-10-16-17-12-25(13-21(17)8-7-19(16)29-21)30(27,28)15-5-3-2-4-6-15/h2-6,9,11,16-17,19H,7-8,10,12-13H2,1H3,(H,24,26)/t16-,17+,19+,21+/m0/s1. The predicted molar refractivity (Wildman–Crippen MR) is 108 cm³/mol. The van der Waals surface area contributed by atoms with Gasteiger partial charge in [0, 0.05) is 37.7 Å². The number of rotatable bonds is 5. The first-order valence-corrected chi connectivity index (χ1v) is 11.6. The maximum absolute atomic E-state index is 13.1. The van der Waals surface area contributed by atoms with Crippen LogP contribution < -0.4 is 5.32 Å². The van der Waals surface area contributed by atoms with Gasteiger partial charge < -0.3 is 10.1 Å². The molecule has 2 bridgehead atoms. The number of carbonyl (C=O) groups is 1. The fraction of sp³-hybridized carbons (Fsp3) is 0.476. The molecule has 158 valence electrons. The maximum Gasteiger partial charge on any atom is 0.271 e. The molecule has 9 heteroatoms. The zero-order valence-corrected chi connectivity index (χ0v) is 17.5. The van der Waals surface area contributed by atoms with Crippen LogP contribution in [0.5, 0.6) is 0 Å². The molecule has 4 heterocycles. The van der Waals surface area contributed by atoms with Crippen LogP contribution in [0.25, 0.3) is 0 Å². The first-order valence-electron chi connectivity index (χ1n) is 10.2. The van der Waals surface area contributed by atoms with Gasteiger partial charge in [0.1, 0.15) is 5.69 Å². The summed E-state index contributed by atoms with van der Waals surface area (Å²) in [6.07, 6.45) is 4.83. The van der Waals surface area contributed by atoms with Crippen LogP contribution in [0.3, 0.4) is 0 Å². The second-order valence-electron chi connectivity index (χ2n) is 8.39. The third kappa shape index (κ3) is 3.12. The van der Waals surface area contributed by atoms with E-state index in [9.17, 15) is 13.2 Å². The van der Waals surface area contributed by atoms with Gasteiger partial charge >= 0.3 is 0 Å². The minimum Gasteiger partial charge on any atom is -0.370 e. The van der Waals surface area contributed by atoms with Crippen molar-refractivity contribution >= 4 is 15.9 Å². The number of hydrogen-bond donors (Lipinski definition) is 1. The van der Waals surface area contributed by atoms with Gasteiger partial charge in [-0.05, 0) is 31.9 Å². The fourth-order valence-electron chi connectivity index (χ4n) is 5.16. The molecule has 3 fully saturated rings. The summed E-state index contributed by atoms with van der Waals surface area (Å²) in [7, 11) is -3.56. The number of nitrogens with zero attached hydrogens (tertiary/aromatic N) is 3. The van der Waals surface area contributed by atoms with Crippen molar-refractivity contribution in [1.82, 2.24) is 19.6 Å². The Morgan fingerprint density at radius 2 is 2.07 bits per heavy atom. The van der Waals surface area contributed by atoms with Gasteiger partial charge in [-0.25, -0.2) is 13.4 Å². The lowest BCUT2D eigenvalue weighted by Crippen LogP contribution is -2.42. The zero-order chi connectivity index (χ0) is 20.9. The summed E-state index contributed by atoms with van der Waals surface area (Å²) in [6.45, 7) is 3.04. The van der Waals surface area contributed by atoms with Crippen molar-refractivity contribution in [1.29, 1.82) is 0 Å². The number of aromatic nitrogens is 2. The molecule has 3 aliphatic rings. The second kappa shape index (κ2) is 7.11. The number of ether oxygens (including phenoxy) is 1. The monoisotopic (exact) mass is 428 g/mol. The minimum atomic E-state index is -3.56. The van der Waals surface area contributed by atoms with Crippen molar-refractivity contribution < 1.29 is 17.9 Å². The van der Waals surface area contributed by atoms with Gasteiger partial charge in [-0.15, -0.1) is 0 Å². The number of nitrogens with one attached hydrogen (secondary N) is 1. The number of sulfonamides is 1. The summed E-state index contributed by atoms with van der Waals surface area (Å²) in [4.78, 5) is 21.0. The number of hydrogen-bond acceptors (Lipinski definition) is 6. The zero-order valence-electron chi connectivity index (χ0n) is 16.7. The summed E-state index contributed by atoms with van der Waals surface area (Å²) >= 11 is 0. The van der Waals surface area contributed by atoms with Gasteiger partial charge in [0.05, 0.1) is 28.5 Å². The number of carbonyl (C=O) groups excluding carboxylic acids is 1. The Balaban J connectivity index is 1.31. The van der Waals surface area contributed by atoms with Crippen LogP contribution in [-0.2, 0) is 14.8 Å². The van der Waals surface area contributed by atoms with E-state index in [-0.39, 0.29) is 29.5 Å². The average Bonchev–Trinajstić information content (AvgIpc) is 3.42. The van der Waals surface area contributed by atoms with E-state index in [0.29, 0.717) is 24.5 Å². The molecule has 1 spiro atoms. The van der Waals surface area contributed by atoms with E-state index in [2.05, 4.69) is 15.3 Å². The van der Waals surface area contributed by atoms with Crippen molar-refractivity contribution in [3.05, 3.63) is 54.1 Å². The van der Waals surface area contributed by atoms with Crippen LogP contribution in [0, 0.1) is 18.8 Å². The first-order chi connectivity index (χ1) is 14.4. The van der Waals surface area contributed by atoms with Crippen molar-refractivity contribution in [3.63, 3.8) is 0 Å². The Morgan fingerprint density at radius 3 is 2.80 bits per heavy atom. The van der Waals surface area contributed by atoms with E-state index in [0.717, 1.165) is 18.5 Å². The maximum atomic E-state index is 13.1. The highest BCUT2D eigenvalue weighted by molar-refractivity contribution is 7.89. The molecule has 0 radical (unpaired) electrons. The normalized spacial score (nSPS) is 30.4. The molecule has 3 saturated heterocycles. The summed E-state index contributed by atoms with van der Waals surface area (Å²) in [5.41, 5.74) is 0.589. The van der Waals surface area contributed by atoms with E-state index in [1.807, 2.05) is 6.92 Å². The van der Waals surface area contributed by atoms with Crippen LogP contribution in [0.15, 0.2) is 47.6 Å². The molecule has 0 saturated carbocycles. The highest BCUT2D eigenvalue weighted by Crippen LogP contribution is 2.55. The smallest absolute Gasteiger partial charge is 0.271 e. The van der Waals surface area contributed by atoms with Crippen molar-refractivity contribution in [3.8, 4) is 0 Å². The van der Waals surface area contributed by atoms with Crippen LogP contribution in [0.1, 0.15) is 29.0 Å².